The summed E-state index contributed by atoms with van der Waals surface area (Å²) in [5.74, 6) is -0.451. The molecule has 0 aromatic heterocycles. The van der Waals surface area contributed by atoms with E-state index >= 15 is 0 Å². The number of imide groups is 1. The van der Waals surface area contributed by atoms with Crippen LogP contribution in [0.1, 0.15) is 40.5 Å². The Labute approximate surface area is 120 Å². The molecule has 0 aliphatic carbocycles. The van der Waals surface area contributed by atoms with Gasteiger partial charge in [0.05, 0.1) is 0 Å². The van der Waals surface area contributed by atoms with E-state index in [0.717, 1.165) is 17.7 Å². The first-order valence-electron chi connectivity index (χ1n) is 7.32. The van der Waals surface area contributed by atoms with E-state index in [2.05, 4.69) is 12.2 Å². The van der Waals surface area contributed by atoms with E-state index < -0.39 is 12.1 Å². The molecular formula is C14H25N3O3. The average molecular weight is 283 g/mol. The van der Waals surface area contributed by atoms with Crippen molar-refractivity contribution in [1.29, 1.82) is 0 Å². The second-order valence-electron chi connectivity index (χ2n) is 5.42. The summed E-state index contributed by atoms with van der Waals surface area (Å²) in [4.78, 5) is 38.7. The maximum Gasteiger partial charge on any atom is 0.325 e. The number of rotatable bonds is 7. The van der Waals surface area contributed by atoms with Crippen LogP contribution in [0.15, 0.2) is 0 Å². The van der Waals surface area contributed by atoms with Gasteiger partial charge in [0.15, 0.2) is 0 Å². The van der Waals surface area contributed by atoms with Crippen molar-refractivity contribution in [2.24, 2.45) is 5.92 Å². The van der Waals surface area contributed by atoms with Gasteiger partial charge in [-0.05, 0) is 19.3 Å². The van der Waals surface area contributed by atoms with Gasteiger partial charge < -0.3 is 10.2 Å². The van der Waals surface area contributed by atoms with E-state index in [1.165, 1.54) is 0 Å². The summed E-state index contributed by atoms with van der Waals surface area (Å²) >= 11 is 0. The number of nitrogens with zero attached hydrogens (tertiary/aromatic N) is 2. The van der Waals surface area contributed by atoms with E-state index in [-0.39, 0.29) is 24.3 Å². The summed E-state index contributed by atoms with van der Waals surface area (Å²) in [5.41, 5.74) is 0. The zero-order valence-corrected chi connectivity index (χ0v) is 12.8. The predicted molar refractivity (Wildman–Crippen MR) is 76.0 cm³/mol. The Morgan fingerprint density at radius 1 is 1.35 bits per heavy atom. The zero-order valence-electron chi connectivity index (χ0n) is 12.8. The third kappa shape index (κ3) is 3.71. The molecule has 1 saturated heterocycles. The van der Waals surface area contributed by atoms with Crippen LogP contribution in [0.2, 0.25) is 0 Å². The molecule has 1 aliphatic heterocycles. The Hall–Kier alpha value is -1.59. The maximum atomic E-state index is 12.2. The van der Waals surface area contributed by atoms with Crippen LogP contribution in [0.25, 0.3) is 0 Å². The molecule has 0 saturated carbocycles. The van der Waals surface area contributed by atoms with Gasteiger partial charge in [0, 0.05) is 13.1 Å². The lowest BCUT2D eigenvalue weighted by Crippen LogP contribution is -2.43. The molecule has 4 amide bonds. The molecule has 0 aromatic rings. The van der Waals surface area contributed by atoms with Crippen molar-refractivity contribution in [1.82, 2.24) is 15.1 Å². The highest BCUT2D eigenvalue weighted by Crippen LogP contribution is 2.14. The topological polar surface area (TPSA) is 69.7 Å². The van der Waals surface area contributed by atoms with E-state index in [1.807, 2.05) is 20.8 Å². The standard InChI is InChI=1S/C14H25N3O3/c1-5-7-8-16(6-2)11(18)9-17-13(19)12(10(3)4)15-14(17)20/h10,12H,5-9H2,1-4H3,(H,15,20). The predicted octanol–water partition coefficient (Wildman–Crippen LogP) is 1.21. The highest BCUT2D eigenvalue weighted by atomic mass is 16.2. The molecule has 1 atom stereocenters. The second-order valence-corrected chi connectivity index (χ2v) is 5.42. The van der Waals surface area contributed by atoms with Gasteiger partial charge in [-0.2, -0.15) is 0 Å². The van der Waals surface area contributed by atoms with Crippen molar-refractivity contribution in [2.75, 3.05) is 19.6 Å². The van der Waals surface area contributed by atoms with Gasteiger partial charge in [0.1, 0.15) is 12.6 Å². The minimum absolute atomic E-state index is 0.0221. The quantitative estimate of drug-likeness (QED) is 0.714. The molecule has 1 unspecified atom stereocenters. The molecule has 0 bridgehead atoms. The molecule has 1 fully saturated rings. The van der Waals surface area contributed by atoms with E-state index in [9.17, 15) is 14.4 Å². The summed E-state index contributed by atoms with van der Waals surface area (Å²) in [5, 5.41) is 2.63. The fourth-order valence-corrected chi connectivity index (χ4v) is 2.19. The van der Waals surface area contributed by atoms with Crippen LogP contribution in [0, 0.1) is 5.92 Å². The fraction of sp³-hybridized carbons (Fsp3) is 0.786. The smallest absolute Gasteiger partial charge is 0.325 e. The van der Waals surface area contributed by atoms with E-state index in [4.69, 9.17) is 0 Å². The first kappa shape index (κ1) is 16.5. The molecule has 0 radical (unpaired) electrons. The van der Waals surface area contributed by atoms with Crippen LogP contribution < -0.4 is 5.32 Å². The number of carbonyl (C=O) groups is 3. The van der Waals surface area contributed by atoms with Gasteiger partial charge in [-0.1, -0.05) is 27.2 Å². The van der Waals surface area contributed by atoms with E-state index in [1.54, 1.807) is 4.90 Å². The molecule has 0 aromatic carbocycles. The molecule has 1 N–H and O–H groups in total. The number of nitrogens with one attached hydrogen (secondary N) is 1. The largest absolute Gasteiger partial charge is 0.341 e. The van der Waals surface area contributed by atoms with Crippen LogP contribution in [-0.4, -0.2) is 53.3 Å². The normalized spacial score (nSPS) is 18.6. The third-order valence-electron chi connectivity index (χ3n) is 3.53. The second kappa shape index (κ2) is 7.26. The van der Waals surface area contributed by atoms with Crippen LogP contribution >= 0.6 is 0 Å². The Kier molecular flexibility index (Phi) is 5.98. The van der Waals surface area contributed by atoms with Crippen molar-refractivity contribution in [3.05, 3.63) is 0 Å². The molecule has 6 nitrogen and oxygen atoms in total. The molecule has 20 heavy (non-hydrogen) atoms. The van der Waals surface area contributed by atoms with Gasteiger partial charge >= 0.3 is 6.03 Å². The van der Waals surface area contributed by atoms with Gasteiger partial charge in [-0.25, -0.2) is 4.79 Å². The highest BCUT2D eigenvalue weighted by Gasteiger charge is 2.40. The Bertz CT molecular complexity index is 382. The van der Waals surface area contributed by atoms with Gasteiger partial charge in [-0.3, -0.25) is 14.5 Å². The monoisotopic (exact) mass is 283 g/mol. The van der Waals surface area contributed by atoms with Gasteiger partial charge in [-0.15, -0.1) is 0 Å². The van der Waals surface area contributed by atoms with Crippen LogP contribution in [0.4, 0.5) is 4.79 Å². The number of hydrogen-bond donors (Lipinski definition) is 1. The summed E-state index contributed by atoms with van der Waals surface area (Å²) in [6.07, 6.45) is 1.93. The third-order valence-corrected chi connectivity index (χ3v) is 3.53. The molecule has 0 spiro atoms. The SMILES string of the molecule is CCCCN(CC)C(=O)CN1C(=O)NC(C(C)C)C1=O. The lowest BCUT2D eigenvalue weighted by molar-refractivity contribution is -0.137. The Balaban J connectivity index is 2.65. The van der Waals surface area contributed by atoms with Crippen molar-refractivity contribution < 1.29 is 14.4 Å². The molecule has 6 heteroatoms. The number of likely N-dealkylation sites (N-methyl/N-ethyl adjacent to an activating group) is 1. The van der Waals surface area contributed by atoms with Crippen molar-refractivity contribution >= 4 is 17.8 Å². The fourth-order valence-electron chi connectivity index (χ4n) is 2.19. The minimum atomic E-state index is -0.513. The maximum absolute atomic E-state index is 12.2. The highest BCUT2D eigenvalue weighted by molar-refractivity contribution is 6.06. The first-order valence-corrected chi connectivity index (χ1v) is 7.32. The first-order chi connectivity index (χ1) is 9.42. The minimum Gasteiger partial charge on any atom is -0.341 e. The molecule has 1 heterocycles. The van der Waals surface area contributed by atoms with Crippen molar-refractivity contribution in [2.45, 2.75) is 46.6 Å². The molecule has 1 rings (SSSR count). The van der Waals surface area contributed by atoms with Crippen LogP contribution in [0.5, 0.6) is 0 Å². The molecule has 114 valence electrons. The van der Waals surface area contributed by atoms with Crippen LogP contribution in [-0.2, 0) is 9.59 Å². The summed E-state index contributed by atoms with van der Waals surface area (Å²) in [6, 6.07) is -0.977. The number of carbonyl (C=O) groups excluding carboxylic acids is 3. The summed E-state index contributed by atoms with van der Waals surface area (Å²) in [6.45, 7) is 8.80. The average Bonchev–Trinajstić information content (AvgIpc) is 2.68. The van der Waals surface area contributed by atoms with Gasteiger partial charge in [0.2, 0.25) is 5.91 Å². The lowest BCUT2D eigenvalue weighted by Gasteiger charge is -2.23. The molecule has 1 aliphatic rings. The number of urea groups is 1. The van der Waals surface area contributed by atoms with E-state index in [0.29, 0.717) is 13.1 Å². The molecular weight excluding hydrogens is 258 g/mol. The van der Waals surface area contributed by atoms with Crippen molar-refractivity contribution in [3.8, 4) is 0 Å². The van der Waals surface area contributed by atoms with Gasteiger partial charge in [0.25, 0.3) is 5.91 Å². The number of hydrogen-bond acceptors (Lipinski definition) is 3. The van der Waals surface area contributed by atoms with Crippen molar-refractivity contribution in [3.63, 3.8) is 0 Å². The zero-order chi connectivity index (χ0) is 15.3. The Morgan fingerprint density at radius 3 is 2.45 bits per heavy atom. The summed E-state index contributed by atoms with van der Waals surface area (Å²) in [7, 11) is 0. The lowest BCUT2D eigenvalue weighted by atomic mass is 10.1. The number of amides is 4. The van der Waals surface area contributed by atoms with Crippen LogP contribution in [0.3, 0.4) is 0 Å². The number of unbranched alkanes of at least 4 members (excludes halogenated alkanes) is 1. The Morgan fingerprint density at radius 2 is 2.00 bits per heavy atom. The summed E-state index contributed by atoms with van der Waals surface area (Å²) < 4.78 is 0.